The highest BCUT2D eigenvalue weighted by Gasteiger charge is 2.53. The molecule has 0 aromatic rings. The van der Waals surface area contributed by atoms with Crippen LogP contribution < -0.4 is 5.32 Å². The largest absolute Gasteiger partial charge is 0.394 e. The van der Waals surface area contributed by atoms with Crippen molar-refractivity contribution in [3.8, 4) is 0 Å². The van der Waals surface area contributed by atoms with Gasteiger partial charge in [0.05, 0.1) is 18.2 Å². The zero-order chi connectivity index (χ0) is 16.2. The Kier molecular flexibility index (Phi) is 4.01. The van der Waals surface area contributed by atoms with E-state index < -0.39 is 23.9 Å². The molecule has 5 nitrogen and oxygen atoms in total. The van der Waals surface area contributed by atoms with E-state index in [4.69, 9.17) is 0 Å². The van der Waals surface area contributed by atoms with E-state index in [1.54, 1.807) is 0 Å². The van der Waals surface area contributed by atoms with Crippen LogP contribution in [0.25, 0.3) is 0 Å². The molecule has 5 N–H and O–H groups in total. The highest BCUT2D eigenvalue weighted by atomic mass is 16.4. The number of hydrogen-bond acceptors (Lipinski definition) is 5. The molecule has 0 amide bonds. The molecule has 132 valence electrons. The average molecular weight is 325 g/mol. The van der Waals surface area contributed by atoms with E-state index in [1.165, 1.54) is 38.5 Å². The molecule has 5 heteroatoms. The topological polar surface area (TPSA) is 93.0 Å². The molecule has 0 aromatic heterocycles. The van der Waals surface area contributed by atoms with Gasteiger partial charge in [-0.1, -0.05) is 0 Å². The van der Waals surface area contributed by atoms with Crippen LogP contribution in [0.15, 0.2) is 0 Å². The molecule has 1 heterocycles. The normalized spacial score (nSPS) is 55.3. The molecule has 0 aromatic carbocycles. The second-order valence-electron chi connectivity index (χ2n) is 9.12. The first kappa shape index (κ1) is 16.3. The van der Waals surface area contributed by atoms with Crippen molar-refractivity contribution in [2.45, 2.75) is 75.2 Å². The summed E-state index contributed by atoms with van der Waals surface area (Å²) in [5, 5.41) is 43.2. The van der Waals surface area contributed by atoms with E-state index in [0.717, 1.165) is 24.2 Å². The maximum Gasteiger partial charge on any atom is 0.109 e. The molecule has 5 rings (SSSR count). The maximum atomic E-state index is 10.4. The van der Waals surface area contributed by atoms with E-state index in [1.807, 2.05) is 0 Å². The zero-order valence-electron chi connectivity index (χ0n) is 13.8. The van der Waals surface area contributed by atoms with Gasteiger partial charge >= 0.3 is 0 Å². The predicted molar refractivity (Wildman–Crippen MR) is 85.7 cm³/mol. The van der Waals surface area contributed by atoms with Gasteiger partial charge in [0.25, 0.3) is 0 Å². The van der Waals surface area contributed by atoms with Gasteiger partial charge in [-0.2, -0.15) is 0 Å². The first-order valence-corrected chi connectivity index (χ1v) is 9.35. The van der Waals surface area contributed by atoms with Gasteiger partial charge in [0, 0.05) is 6.54 Å². The number of aliphatic hydroxyl groups excluding tert-OH is 4. The lowest BCUT2D eigenvalue weighted by atomic mass is 9.48. The van der Waals surface area contributed by atoms with E-state index in [-0.39, 0.29) is 13.2 Å². The summed E-state index contributed by atoms with van der Waals surface area (Å²) >= 11 is 0. The van der Waals surface area contributed by atoms with E-state index in [0.29, 0.717) is 11.8 Å². The molecule has 5 aliphatic rings. The van der Waals surface area contributed by atoms with Crippen LogP contribution in [0.3, 0.4) is 0 Å². The Balaban J connectivity index is 1.47. The number of hydrogen-bond donors (Lipinski definition) is 5. The fourth-order valence-corrected chi connectivity index (χ4v) is 6.62. The Bertz CT molecular complexity index is 421. The van der Waals surface area contributed by atoms with Crippen LogP contribution in [0.4, 0.5) is 0 Å². The third kappa shape index (κ3) is 2.65. The quantitative estimate of drug-likeness (QED) is 0.516. The summed E-state index contributed by atoms with van der Waals surface area (Å²) in [6.45, 7) is 0.0178. The number of β-amino-alcohol motifs (C(OH)–C–C–N with tert-alkyl or cyclic N) is 1. The molecule has 5 fully saturated rings. The summed E-state index contributed by atoms with van der Waals surface area (Å²) in [7, 11) is 0. The molecule has 1 saturated heterocycles. The van der Waals surface area contributed by atoms with Gasteiger partial charge < -0.3 is 25.7 Å². The molecule has 4 aliphatic carbocycles. The zero-order valence-corrected chi connectivity index (χ0v) is 13.8. The van der Waals surface area contributed by atoms with Crippen LogP contribution in [-0.4, -0.2) is 57.4 Å². The van der Waals surface area contributed by atoms with Gasteiger partial charge in [-0.15, -0.1) is 0 Å². The summed E-state index contributed by atoms with van der Waals surface area (Å²) in [5.74, 6) is 2.67. The Morgan fingerprint density at radius 1 is 0.870 bits per heavy atom. The van der Waals surface area contributed by atoms with Gasteiger partial charge in [0.1, 0.15) is 12.2 Å². The van der Waals surface area contributed by atoms with Crippen molar-refractivity contribution in [1.29, 1.82) is 0 Å². The second kappa shape index (κ2) is 5.67. The minimum absolute atomic E-state index is 0.204. The van der Waals surface area contributed by atoms with E-state index >= 15 is 0 Å². The standard InChI is InChI=1S/C18H31NO4/c20-10-18(16(23)15(22)14(21)9-19-18)2-1-17-6-11-3-12(7-17)5-13(4-11)8-17/h11-16,19-23H,1-10H2/t11?,12?,13?,14-,15+,16-,17?,18+/m0/s1. The van der Waals surface area contributed by atoms with Crippen LogP contribution >= 0.6 is 0 Å². The van der Waals surface area contributed by atoms with Gasteiger partial charge in [0.15, 0.2) is 0 Å². The van der Waals surface area contributed by atoms with Crippen molar-refractivity contribution in [2.75, 3.05) is 13.2 Å². The summed E-state index contributed by atoms with van der Waals surface area (Å²) in [6.07, 6.45) is 6.56. The molecular weight excluding hydrogens is 294 g/mol. The molecule has 4 atom stereocenters. The summed E-state index contributed by atoms with van der Waals surface area (Å²) in [6, 6.07) is 0. The third-order valence-corrected chi connectivity index (χ3v) is 7.50. The van der Waals surface area contributed by atoms with Gasteiger partial charge in [-0.3, -0.25) is 0 Å². The molecule has 0 spiro atoms. The lowest BCUT2D eigenvalue weighted by Crippen LogP contribution is -2.69. The lowest BCUT2D eigenvalue weighted by Gasteiger charge is -2.58. The van der Waals surface area contributed by atoms with Gasteiger partial charge in [-0.05, 0) is 74.5 Å². The van der Waals surface area contributed by atoms with Crippen molar-refractivity contribution in [3.05, 3.63) is 0 Å². The van der Waals surface area contributed by atoms with Gasteiger partial charge in [-0.25, -0.2) is 0 Å². The second-order valence-corrected chi connectivity index (χ2v) is 9.12. The van der Waals surface area contributed by atoms with Crippen molar-refractivity contribution in [3.63, 3.8) is 0 Å². The molecular formula is C18H31NO4. The monoisotopic (exact) mass is 325 g/mol. The van der Waals surface area contributed by atoms with Gasteiger partial charge in [0.2, 0.25) is 0 Å². The SMILES string of the molecule is OC[C@@]1(CCC23CC4CC(CC(C4)C2)C3)NC[C@H](O)[C@@H](O)[C@@H]1O. The summed E-state index contributed by atoms with van der Waals surface area (Å²) < 4.78 is 0. The summed E-state index contributed by atoms with van der Waals surface area (Å²) in [5.41, 5.74) is -0.485. The Morgan fingerprint density at radius 3 is 1.96 bits per heavy atom. The fourth-order valence-electron chi connectivity index (χ4n) is 6.62. The highest BCUT2D eigenvalue weighted by Crippen LogP contribution is 2.62. The number of piperidine rings is 1. The Morgan fingerprint density at radius 2 is 1.43 bits per heavy atom. The van der Waals surface area contributed by atoms with E-state index in [2.05, 4.69) is 5.32 Å². The average Bonchev–Trinajstić information content (AvgIpc) is 2.51. The maximum absolute atomic E-state index is 10.4. The molecule has 23 heavy (non-hydrogen) atoms. The molecule has 0 radical (unpaired) electrons. The predicted octanol–water partition coefficient (Wildman–Crippen LogP) is 0.400. The molecule has 4 bridgehead atoms. The smallest absolute Gasteiger partial charge is 0.109 e. The lowest BCUT2D eigenvalue weighted by molar-refractivity contribution is -0.141. The molecule has 1 aliphatic heterocycles. The van der Waals surface area contributed by atoms with Crippen LogP contribution in [0.1, 0.15) is 51.4 Å². The van der Waals surface area contributed by atoms with Crippen molar-refractivity contribution in [2.24, 2.45) is 23.2 Å². The van der Waals surface area contributed by atoms with Crippen LogP contribution in [-0.2, 0) is 0 Å². The van der Waals surface area contributed by atoms with Crippen LogP contribution in [0.5, 0.6) is 0 Å². The Labute approximate surface area is 138 Å². The fraction of sp³-hybridized carbons (Fsp3) is 1.00. The first-order chi connectivity index (χ1) is 11.0. The van der Waals surface area contributed by atoms with Crippen molar-refractivity contribution < 1.29 is 20.4 Å². The molecule has 0 unspecified atom stereocenters. The third-order valence-electron chi connectivity index (χ3n) is 7.50. The number of rotatable bonds is 4. The number of nitrogens with one attached hydrogen (secondary N) is 1. The van der Waals surface area contributed by atoms with Crippen LogP contribution in [0.2, 0.25) is 0 Å². The first-order valence-electron chi connectivity index (χ1n) is 9.35. The minimum Gasteiger partial charge on any atom is -0.394 e. The van der Waals surface area contributed by atoms with Crippen LogP contribution in [0, 0.1) is 23.2 Å². The highest BCUT2D eigenvalue weighted by molar-refractivity contribution is 5.07. The van der Waals surface area contributed by atoms with E-state index in [9.17, 15) is 20.4 Å². The number of aliphatic hydroxyl groups is 4. The summed E-state index contributed by atoms with van der Waals surface area (Å²) in [4.78, 5) is 0. The molecule has 4 saturated carbocycles. The van der Waals surface area contributed by atoms with Crippen molar-refractivity contribution >= 4 is 0 Å². The Hall–Kier alpha value is -0.200. The van der Waals surface area contributed by atoms with Crippen molar-refractivity contribution in [1.82, 2.24) is 5.32 Å². The minimum atomic E-state index is -1.18.